The second-order valence-electron chi connectivity index (χ2n) is 27.3. The molecule has 4 heterocycles. The molecule has 3 atom stereocenters. The van der Waals surface area contributed by atoms with E-state index in [4.69, 9.17) is 24.1 Å². The number of nitrogens with one attached hydrogen (secondary N) is 7. The van der Waals surface area contributed by atoms with Crippen LogP contribution in [0.3, 0.4) is 0 Å². The van der Waals surface area contributed by atoms with Crippen LogP contribution in [0.4, 0.5) is 4.79 Å². The lowest BCUT2D eigenvalue weighted by Gasteiger charge is -2.24. The summed E-state index contributed by atoms with van der Waals surface area (Å²) in [5.41, 5.74) is 2.44. The number of nitriles is 1. The molecule has 0 saturated carbocycles. The molecule has 2 aromatic heterocycles. The zero-order valence-corrected chi connectivity index (χ0v) is 65.5. The van der Waals surface area contributed by atoms with Crippen LogP contribution < -0.4 is 42.0 Å². The third-order valence-corrected chi connectivity index (χ3v) is 19.0. The summed E-state index contributed by atoms with van der Waals surface area (Å²) >= 11 is 3.45. The van der Waals surface area contributed by atoms with Crippen LogP contribution in [0.1, 0.15) is 124 Å². The predicted molar refractivity (Wildman–Crippen MR) is 411 cm³/mol. The number of unbranched alkanes of at least 4 members (excludes halogenated alkanes) is 4. The second kappa shape index (κ2) is 52.3. The molecule has 38 heteroatoms. The third kappa shape index (κ3) is 37.4. The van der Waals surface area contributed by atoms with Gasteiger partial charge >= 0.3 is 29.9 Å². The van der Waals surface area contributed by atoms with Crippen LogP contribution in [0.25, 0.3) is 10.9 Å². The number of pyridine rings is 1. The van der Waals surface area contributed by atoms with Crippen molar-refractivity contribution in [3.05, 3.63) is 82.2 Å². The van der Waals surface area contributed by atoms with Gasteiger partial charge in [0.2, 0.25) is 35.4 Å². The molecule has 37 nitrogen and oxygen atoms in total. The average Bonchev–Trinajstić information content (AvgIpc) is 1.37. The minimum Gasteiger partial charge on any atom is -0.494 e. The summed E-state index contributed by atoms with van der Waals surface area (Å²) in [7, 11) is 0. The topological polar surface area (TPSA) is 490 Å². The second-order valence-corrected chi connectivity index (χ2v) is 28.2. The van der Waals surface area contributed by atoms with Gasteiger partial charge in [0.05, 0.1) is 102 Å². The number of fused-ring (bicyclic) bond motifs is 1. The van der Waals surface area contributed by atoms with E-state index in [1.165, 1.54) is 11.1 Å². The molecule has 0 unspecified atom stereocenters. The average molecular weight is 1650 g/mol. The van der Waals surface area contributed by atoms with E-state index in [2.05, 4.69) is 74.5 Å². The molecule has 2 saturated heterocycles. The number of carbonyl (C=O) groups excluding carboxylic acids is 8. The number of carboxylic acid groups (broad SMARTS) is 4. The molecular weight excluding hydrogens is 1540 g/mol. The first-order valence-corrected chi connectivity index (χ1v) is 39.1. The number of rotatable bonds is 54. The highest BCUT2D eigenvalue weighted by Crippen LogP contribution is 2.24. The number of likely N-dealkylation sites (tertiary alicyclic amines) is 1. The van der Waals surface area contributed by atoms with E-state index in [1.807, 2.05) is 29.2 Å². The number of benzene rings is 2. The van der Waals surface area contributed by atoms with E-state index in [0.717, 1.165) is 16.5 Å². The number of halogens is 1. The van der Waals surface area contributed by atoms with E-state index in [0.29, 0.717) is 171 Å². The van der Waals surface area contributed by atoms with Gasteiger partial charge in [0, 0.05) is 139 Å². The van der Waals surface area contributed by atoms with Crippen LogP contribution in [0, 0.1) is 11.3 Å². The fraction of sp³-hybridized carbons (Fsp3) is 0.600. The molecular formula is C75H108BrN17O20. The molecule has 4 aromatic rings. The van der Waals surface area contributed by atoms with Crippen LogP contribution >= 0.6 is 15.9 Å². The molecule has 0 spiro atoms. The largest absolute Gasteiger partial charge is 0.494 e. The van der Waals surface area contributed by atoms with Crippen molar-refractivity contribution in [3.63, 3.8) is 0 Å². The van der Waals surface area contributed by atoms with Gasteiger partial charge in [-0.15, -0.1) is 5.10 Å². The van der Waals surface area contributed by atoms with Gasteiger partial charge in [-0.1, -0.05) is 33.3 Å². The van der Waals surface area contributed by atoms with Crippen LogP contribution in [-0.4, -0.2) is 305 Å². The number of ether oxygens (including phenoxy) is 4. The Morgan fingerprint density at radius 2 is 1.25 bits per heavy atom. The van der Waals surface area contributed by atoms with Crippen molar-refractivity contribution in [2.45, 2.75) is 140 Å². The number of amides is 9. The van der Waals surface area contributed by atoms with E-state index in [1.54, 1.807) is 49.8 Å². The summed E-state index contributed by atoms with van der Waals surface area (Å²) in [6.07, 6.45) is 8.87. The standard InChI is InChI=1S/C75H108BrN17O20/c76-55-15-13-54(14-16-55)49-91(30-7-1-4-27-82-75(109)85-63(74(107)108)20-22-69(99)100)67(97)12-3-6-26-81-73(106)62(11-2-5-25-80-66(96)51-88-32-34-89(52-70(101)102)36-37-90(35-33-88)53-71(103)104)84-65(95)24-40-110-42-44-112-45-43-111-41-38-92-50-56(86-87-92)17-21-64(94)79-28-9-39-113-58-18-19-61-60(46-58)59(23-29-78-61)72(105)83-48-68(98)93-31-8-10-57(93)47-77/h13-16,18-19,23,29,46,50,57,62-63H,1-12,17,20-22,24-28,30-45,48-49,51-53H2,(H,79,94)(H,80,96)(H,81,106)(H,83,105)(H,84,95)(H,99,100)(H,101,102)(H,103,104)(H,107,108)(H2,82,85,109)/t57-,62-,63-/m0/s1. The summed E-state index contributed by atoms with van der Waals surface area (Å²) in [4.78, 5) is 163. The van der Waals surface area contributed by atoms with E-state index < -0.39 is 72.2 Å². The van der Waals surface area contributed by atoms with Gasteiger partial charge in [-0.05, 0) is 119 Å². The maximum atomic E-state index is 13.8. The summed E-state index contributed by atoms with van der Waals surface area (Å²) < 4.78 is 25.5. The first-order chi connectivity index (χ1) is 54.5. The Bertz CT molecular complexity index is 3730. The van der Waals surface area contributed by atoms with Gasteiger partial charge < -0.3 is 86.4 Å². The summed E-state index contributed by atoms with van der Waals surface area (Å²) in [6.45, 7) is 5.84. The number of aliphatic carboxylic acids is 4. The lowest BCUT2D eigenvalue weighted by molar-refractivity contribution is -0.141. The number of aryl methyl sites for hydroxylation is 1. The van der Waals surface area contributed by atoms with Gasteiger partial charge in [0.25, 0.3) is 5.91 Å². The van der Waals surface area contributed by atoms with Gasteiger partial charge in [0.15, 0.2) is 0 Å². The molecule has 620 valence electrons. The van der Waals surface area contributed by atoms with Gasteiger partial charge in [-0.2, -0.15) is 5.26 Å². The van der Waals surface area contributed by atoms with E-state index >= 15 is 0 Å². The van der Waals surface area contributed by atoms with Crippen molar-refractivity contribution in [2.24, 2.45) is 0 Å². The van der Waals surface area contributed by atoms with Crippen molar-refractivity contribution in [1.82, 2.24) is 81.7 Å². The Hall–Kier alpha value is -10.0. The number of nitrogens with zero attached hydrogens (tertiary/aromatic N) is 10. The Balaban J connectivity index is 0.859. The van der Waals surface area contributed by atoms with Crippen molar-refractivity contribution in [2.75, 3.05) is 151 Å². The van der Waals surface area contributed by atoms with Crippen molar-refractivity contribution in [3.8, 4) is 11.8 Å². The summed E-state index contributed by atoms with van der Waals surface area (Å²) in [5.74, 6) is -6.23. The van der Waals surface area contributed by atoms with Gasteiger partial charge in [0.1, 0.15) is 23.9 Å². The first kappa shape index (κ1) is 91.8. The summed E-state index contributed by atoms with van der Waals surface area (Å²) in [6, 6.07) is 12.9. The van der Waals surface area contributed by atoms with E-state index in [9.17, 15) is 78.1 Å². The summed E-state index contributed by atoms with van der Waals surface area (Å²) in [5, 5.41) is 74.4. The molecule has 0 bridgehead atoms. The molecule has 2 aromatic carbocycles. The van der Waals surface area contributed by atoms with E-state index in [-0.39, 0.29) is 141 Å². The quantitative estimate of drug-likeness (QED) is 0.0281. The van der Waals surface area contributed by atoms with Crippen LogP contribution in [0.5, 0.6) is 5.75 Å². The van der Waals surface area contributed by atoms with Crippen LogP contribution in [0.15, 0.2) is 65.4 Å². The lowest BCUT2D eigenvalue weighted by atomic mass is 10.1. The minimum atomic E-state index is -1.36. The molecule has 6 rings (SSSR count). The monoisotopic (exact) mass is 1650 g/mol. The highest BCUT2D eigenvalue weighted by Gasteiger charge is 2.30. The molecule has 0 radical (unpaired) electrons. The maximum Gasteiger partial charge on any atom is 0.326 e. The predicted octanol–water partition coefficient (Wildman–Crippen LogP) is 1.75. The first-order valence-electron chi connectivity index (χ1n) is 38.4. The third-order valence-electron chi connectivity index (χ3n) is 18.4. The Morgan fingerprint density at radius 3 is 1.94 bits per heavy atom. The molecule has 113 heavy (non-hydrogen) atoms. The van der Waals surface area contributed by atoms with Gasteiger partial charge in [-0.3, -0.25) is 67.6 Å². The molecule has 0 aliphatic carbocycles. The number of hydrogen-bond acceptors (Lipinski definition) is 23. The van der Waals surface area contributed by atoms with Crippen molar-refractivity contribution < 1.29 is 96.9 Å². The Kier molecular flexibility index (Phi) is 42.5. The van der Waals surface area contributed by atoms with Gasteiger partial charge in [-0.25, -0.2) is 14.3 Å². The molecule has 2 fully saturated rings. The number of hydrogen-bond donors (Lipinski definition) is 11. The minimum absolute atomic E-state index is 0.00256. The maximum absolute atomic E-state index is 13.8. The fourth-order valence-corrected chi connectivity index (χ4v) is 12.6. The van der Waals surface area contributed by atoms with Crippen molar-refractivity contribution >= 4 is 98.1 Å². The molecule has 2 aliphatic heterocycles. The number of carbonyl (C=O) groups is 12. The number of urea groups is 1. The Labute approximate surface area is 664 Å². The Morgan fingerprint density at radius 1 is 0.602 bits per heavy atom. The normalized spacial score (nSPS) is 14.6. The zero-order chi connectivity index (χ0) is 81.5. The smallest absolute Gasteiger partial charge is 0.326 e. The molecule has 11 N–H and O–H groups in total. The highest BCUT2D eigenvalue weighted by atomic mass is 79.9. The fourth-order valence-electron chi connectivity index (χ4n) is 12.3. The highest BCUT2D eigenvalue weighted by molar-refractivity contribution is 9.10. The molecule has 9 amide bonds. The SMILES string of the molecule is N#C[C@@H]1CCCN1C(=O)CNC(=O)c1ccnc2ccc(OCCCNC(=O)CCc3cn(CCOCCOCCOCCC(=O)N[C@@H](CCCCNC(=O)CN4CCN(CC(=O)O)CCN(CC(=O)O)CC4)C(=O)NCCCCC(=O)N(CCCCCNC(=O)N[C@@H](CCC(=O)O)C(=O)O)Cc4ccc(Br)cc4)nn3)cc12. The number of carboxylic acids is 4. The van der Waals surface area contributed by atoms with Crippen LogP contribution in [0.2, 0.25) is 0 Å². The lowest BCUT2D eigenvalue weighted by Crippen LogP contribution is -2.47. The zero-order valence-electron chi connectivity index (χ0n) is 63.9. The van der Waals surface area contributed by atoms with Crippen molar-refractivity contribution in [1.29, 1.82) is 5.26 Å². The number of aromatic nitrogens is 4. The van der Waals surface area contributed by atoms with Crippen LogP contribution in [-0.2, 0) is 81.7 Å². The molecule has 2 aliphatic rings.